The van der Waals surface area contributed by atoms with Crippen LogP contribution >= 0.6 is 11.6 Å². The number of halogens is 1. The summed E-state index contributed by atoms with van der Waals surface area (Å²) in [6.07, 6.45) is 0.358. The molecule has 1 unspecified atom stereocenters. The fraction of sp³-hybridized carbons (Fsp3) is 0.400. The minimum absolute atomic E-state index is 0.314. The zero-order valence-electron chi connectivity index (χ0n) is 8.13. The molecule has 1 atom stereocenters. The van der Waals surface area contributed by atoms with Crippen molar-refractivity contribution in [1.82, 2.24) is 0 Å². The van der Waals surface area contributed by atoms with Gasteiger partial charge in [0.25, 0.3) is 0 Å². The van der Waals surface area contributed by atoms with Gasteiger partial charge in [0.15, 0.2) is 0 Å². The zero-order chi connectivity index (χ0) is 10.6. The fourth-order valence-electron chi connectivity index (χ4n) is 1.13. The number of benzene rings is 1. The molecule has 0 bridgehead atoms. The monoisotopic (exact) mass is 214 g/mol. The van der Waals surface area contributed by atoms with Crippen LogP contribution in [0.15, 0.2) is 18.2 Å². The molecule has 0 saturated carbocycles. The summed E-state index contributed by atoms with van der Waals surface area (Å²) in [7, 11) is 0. The topological polar surface area (TPSA) is 58.3 Å². The van der Waals surface area contributed by atoms with Crippen LogP contribution in [0.4, 0.5) is 11.4 Å². The molecule has 0 radical (unpaired) electrons. The average molecular weight is 215 g/mol. The third-order valence-corrected chi connectivity index (χ3v) is 2.22. The predicted octanol–water partition coefficient (Wildman–Crippen LogP) is 2.10. The van der Waals surface area contributed by atoms with E-state index in [2.05, 4.69) is 5.32 Å². The van der Waals surface area contributed by atoms with Crippen molar-refractivity contribution in [2.75, 3.05) is 17.6 Å². The number of nitrogens with one attached hydrogen (secondary N) is 1. The molecule has 0 saturated heterocycles. The lowest BCUT2D eigenvalue weighted by Gasteiger charge is -2.11. The Morgan fingerprint density at radius 2 is 2.29 bits per heavy atom. The molecule has 4 N–H and O–H groups in total. The van der Waals surface area contributed by atoms with Gasteiger partial charge in [-0.1, -0.05) is 17.7 Å². The first-order valence-corrected chi connectivity index (χ1v) is 4.95. The van der Waals surface area contributed by atoms with E-state index >= 15 is 0 Å². The van der Waals surface area contributed by atoms with Crippen LogP contribution in [0.3, 0.4) is 0 Å². The van der Waals surface area contributed by atoms with Crippen LogP contribution in [0, 0.1) is 0 Å². The summed E-state index contributed by atoms with van der Waals surface area (Å²) >= 11 is 5.94. The second-order valence-corrected chi connectivity index (χ2v) is 3.68. The van der Waals surface area contributed by atoms with E-state index in [1.165, 1.54) is 0 Å². The number of hydrogen-bond donors (Lipinski definition) is 3. The maximum absolute atomic E-state index is 9.06. The zero-order valence-corrected chi connectivity index (χ0v) is 8.88. The molecule has 14 heavy (non-hydrogen) atoms. The van der Waals surface area contributed by atoms with E-state index in [0.717, 1.165) is 5.69 Å². The van der Waals surface area contributed by atoms with Gasteiger partial charge in [-0.3, -0.25) is 0 Å². The molecule has 0 heterocycles. The average Bonchev–Trinajstić information content (AvgIpc) is 2.09. The van der Waals surface area contributed by atoms with Crippen molar-refractivity contribution < 1.29 is 5.11 Å². The van der Waals surface area contributed by atoms with Crippen molar-refractivity contribution in [3.05, 3.63) is 23.2 Å². The van der Waals surface area contributed by atoms with Crippen molar-refractivity contribution in [3.63, 3.8) is 0 Å². The van der Waals surface area contributed by atoms with E-state index in [4.69, 9.17) is 22.4 Å². The van der Waals surface area contributed by atoms with Gasteiger partial charge in [0.1, 0.15) is 0 Å². The minimum Gasteiger partial charge on any atom is -0.397 e. The van der Waals surface area contributed by atoms with Gasteiger partial charge in [0.05, 0.1) is 22.5 Å². The molecule has 0 fully saturated rings. The summed E-state index contributed by atoms with van der Waals surface area (Å²) in [5, 5.41) is 12.8. The van der Waals surface area contributed by atoms with Gasteiger partial charge in [-0.25, -0.2) is 0 Å². The molecule has 1 aromatic rings. The first-order chi connectivity index (χ1) is 6.61. The highest BCUT2D eigenvalue weighted by atomic mass is 35.5. The molecular weight excluding hydrogens is 200 g/mol. The first kappa shape index (κ1) is 11.1. The van der Waals surface area contributed by atoms with E-state index in [-0.39, 0.29) is 6.10 Å². The number of nitrogen functional groups attached to an aromatic ring is 1. The predicted molar refractivity (Wildman–Crippen MR) is 60.7 cm³/mol. The number of anilines is 2. The molecule has 0 spiro atoms. The molecule has 0 aromatic heterocycles. The highest BCUT2D eigenvalue weighted by Crippen LogP contribution is 2.27. The molecule has 0 amide bonds. The first-order valence-electron chi connectivity index (χ1n) is 4.57. The molecule has 0 aliphatic heterocycles. The minimum atomic E-state index is -0.314. The second-order valence-electron chi connectivity index (χ2n) is 3.27. The number of hydrogen-bond acceptors (Lipinski definition) is 3. The Morgan fingerprint density at radius 3 is 2.86 bits per heavy atom. The number of nitrogens with two attached hydrogens (primary N) is 1. The number of aliphatic hydroxyl groups is 1. The van der Waals surface area contributed by atoms with E-state index in [1.54, 1.807) is 25.1 Å². The highest BCUT2D eigenvalue weighted by molar-refractivity contribution is 6.33. The summed E-state index contributed by atoms with van der Waals surface area (Å²) in [4.78, 5) is 0. The Hall–Kier alpha value is -0.930. The molecule has 78 valence electrons. The summed E-state index contributed by atoms with van der Waals surface area (Å²) in [5.41, 5.74) is 7.10. The second kappa shape index (κ2) is 5.08. The highest BCUT2D eigenvalue weighted by Gasteiger charge is 2.03. The normalized spacial score (nSPS) is 12.5. The van der Waals surface area contributed by atoms with Crippen LogP contribution in [0.1, 0.15) is 13.3 Å². The molecular formula is C10H15ClN2O. The smallest absolute Gasteiger partial charge is 0.0763 e. The lowest BCUT2D eigenvalue weighted by atomic mass is 10.2. The molecule has 4 heteroatoms. The summed E-state index contributed by atoms with van der Waals surface area (Å²) < 4.78 is 0. The number of para-hydroxylation sites is 1. The number of aliphatic hydroxyl groups excluding tert-OH is 1. The van der Waals surface area contributed by atoms with Gasteiger partial charge < -0.3 is 16.2 Å². The van der Waals surface area contributed by atoms with Crippen LogP contribution in [-0.4, -0.2) is 17.8 Å². The third kappa shape index (κ3) is 3.09. The fourth-order valence-corrected chi connectivity index (χ4v) is 1.38. The van der Waals surface area contributed by atoms with Crippen molar-refractivity contribution >= 4 is 23.0 Å². The van der Waals surface area contributed by atoms with Gasteiger partial charge >= 0.3 is 0 Å². The van der Waals surface area contributed by atoms with Crippen molar-refractivity contribution in [2.45, 2.75) is 19.4 Å². The van der Waals surface area contributed by atoms with E-state index < -0.39 is 0 Å². The Morgan fingerprint density at radius 1 is 1.57 bits per heavy atom. The Kier molecular flexibility index (Phi) is 4.04. The maximum atomic E-state index is 9.06. The third-order valence-electron chi connectivity index (χ3n) is 1.91. The Labute approximate surface area is 88.9 Å². The van der Waals surface area contributed by atoms with Crippen LogP contribution in [0.2, 0.25) is 5.02 Å². The molecule has 1 rings (SSSR count). The molecule has 0 aliphatic carbocycles. The van der Waals surface area contributed by atoms with Crippen molar-refractivity contribution in [3.8, 4) is 0 Å². The van der Waals surface area contributed by atoms with Crippen LogP contribution in [-0.2, 0) is 0 Å². The summed E-state index contributed by atoms with van der Waals surface area (Å²) in [6.45, 7) is 2.41. The van der Waals surface area contributed by atoms with Crippen LogP contribution < -0.4 is 11.1 Å². The lowest BCUT2D eigenvalue weighted by molar-refractivity contribution is 0.189. The Bertz CT molecular complexity index is 282. The van der Waals surface area contributed by atoms with Gasteiger partial charge in [0, 0.05) is 6.54 Å². The SMILES string of the molecule is CC(O)CCNc1c(N)cccc1Cl. The van der Waals surface area contributed by atoms with E-state index in [1.807, 2.05) is 0 Å². The van der Waals surface area contributed by atoms with E-state index in [0.29, 0.717) is 23.7 Å². The molecule has 3 nitrogen and oxygen atoms in total. The summed E-state index contributed by atoms with van der Waals surface area (Å²) in [5.74, 6) is 0. The van der Waals surface area contributed by atoms with Gasteiger partial charge in [-0.2, -0.15) is 0 Å². The maximum Gasteiger partial charge on any atom is 0.0763 e. The number of rotatable bonds is 4. The Balaban J connectivity index is 2.58. The summed E-state index contributed by atoms with van der Waals surface area (Å²) in [6, 6.07) is 5.37. The molecule has 0 aliphatic rings. The van der Waals surface area contributed by atoms with Crippen LogP contribution in [0.25, 0.3) is 0 Å². The van der Waals surface area contributed by atoms with Crippen LogP contribution in [0.5, 0.6) is 0 Å². The standard InChI is InChI=1S/C10H15ClN2O/c1-7(14)5-6-13-10-8(11)3-2-4-9(10)12/h2-4,7,13-14H,5-6,12H2,1H3. The quantitative estimate of drug-likeness (QED) is 0.673. The van der Waals surface area contributed by atoms with E-state index in [9.17, 15) is 0 Å². The van der Waals surface area contributed by atoms with Gasteiger partial charge in [0.2, 0.25) is 0 Å². The van der Waals surface area contributed by atoms with Gasteiger partial charge in [-0.05, 0) is 25.5 Å². The largest absolute Gasteiger partial charge is 0.397 e. The van der Waals surface area contributed by atoms with Crippen molar-refractivity contribution in [2.24, 2.45) is 0 Å². The van der Waals surface area contributed by atoms with Gasteiger partial charge in [-0.15, -0.1) is 0 Å². The van der Waals surface area contributed by atoms with Crippen molar-refractivity contribution in [1.29, 1.82) is 0 Å². The lowest BCUT2D eigenvalue weighted by Crippen LogP contribution is -2.11. The molecule has 1 aromatic carbocycles.